The second-order valence-corrected chi connectivity index (χ2v) is 5.20. The van der Waals surface area contributed by atoms with E-state index in [4.69, 9.17) is 28.9 Å². The Hall–Kier alpha value is -1.62. The average Bonchev–Trinajstić information content (AvgIpc) is 2.80. The molecule has 0 spiro atoms. The zero-order valence-corrected chi connectivity index (χ0v) is 12.1. The second kappa shape index (κ2) is 5.40. The van der Waals surface area contributed by atoms with Crippen molar-refractivity contribution in [3.63, 3.8) is 0 Å². The molecule has 3 rings (SSSR count). The van der Waals surface area contributed by atoms with Gasteiger partial charge in [0.1, 0.15) is 5.69 Å². The molecule has 0 aromatic carbocycles. The van der Waals surface area contributed by atoms with Crippen molar-refractivity contribution >= 4 is 28.8 Å². The van der Waals surface area contributed by atoms with Gasteiger partial charge in [-0.25, -0.2) is 4.98 Å². The van der Waals surface area contributed by atoms with Gasteiger partial charge < -0.3 is 10.1 Å². The quantitative estimate of drug-likeness (QED) is 0.808. The lowest BCUT2D eigenvalue weighted by molar-refractivity contribution is 0.906. The second-order valence-electron chi connectivity index (χ2n) is 4.36. The van der Waals surface area contributed by atoms with Gasteiger partial charge in [-0.1, -0.05) is 29.3 Å². The van der Waals surface area contributed by atoms with E-state index in [0.29, 0.717) is 28.7 Å². The molecule has 4 nitrogen and oxygen atoms in total. The Morgan fingerprint density at radius 2 is 2.10 bits per heavy atom. The molecule has 0 fully saturated rings. The Morgan fingerprint density at radius 3 is 2.80 bits per heavy atom. The van der Waals surface area contributed by atoms with Crippen molar-refractivity contribution in [2.75, 3.05) is 6.54 Å². The lowest BCUT2D eigenvalue weighted by Gasteiger charge is -2.04. The van der Waals surface area contributed by atoms with Crippen molar-refractivity contribution in [1.29, 1.82) is 0 Å². The first-order valence-corrected chi connectivity index (χ1v) is 6.93. The molecular weight excluding hydrogens is 295 g/mol. The number of hydrogen-bond donors (Lipinski definition) is 1. The van der Waals surface area contributed by atoms with Crippen molar-refractivity contribution in [1.82, 2.24) is 14.4 Å². The maximum atomic E-state index is 6.22. The van der Waals surface area contributed by atoms with Crippen LogP contribution < -0.4 is 5.73 Å². The van der Waals surface area contributed by atoms with E-state index in [2.05, 4.69) is 9.97 Å². The largest absolute Gasteiger partial charge is 0.330 e. The van der Waals surface area contributed by atoms with E-state index < -0.39 is 0 Å². The minimum atomic E-state index is 0.512. The Kier molecular flexibility index (Phi) is 3.61. The highest BCUT2D eigenvalue weighted by molar-refractivity contribution is 6.36. The number of nitrogens with zero attached hydrogens (tertiary/aromatic N) is 3. The lowest BCUT2D eigenvalue weighted by Crippen LogP contribution is -2.06. The van der Waals surface area contributed by atoms with E-state index in [1.165, 1.54) is 0 Å². The highest BCUT2D eigenvalue weighted by Crippen LogP contribution is 2.28. The van der Waals surface area contributed by atoms with Gasteiger partial charge in [-0.05, 0) is 24.7 Å². The predicted octanol–water partition coefficient (Wildman–Crippen LogP) is 3.20. The minimum Gasteiger partial charge on any atom is -0.330 e. The number of pyridine rings is 2. The van der Waals surface area contributed by atoms with Crippen molar-refractivity contribution in [2.45, 2.75) is 6.42 Å². The monoisotopic (exact) mass is 306 g/mol. The molecule has 0 amide bonds. The zero-order chi connectivity index (χ0) is 14.1. The molecule has 20 heavy (non-hydrogen) atoms. The molecule has 0 saturated heterocycles. The van der Waals surface area contributed by atoms with Crippen LogP contribution in [0.5, 0.6) is 0 Å². The summed E-state index contributed by atoms with van der Waals surface area (Å²) in [4.78, 5) is 8.94. The van der Waals surface area contributed by atoms with Gasteiger partial charge in [-0.15, -0.1) is 0 Å². The van der Waals surface area contributed by atoms with Crippen LogP contribution in [-0.2, 0) is 6.42 Å². The number of nitrogens with two attached hydrogens (primary N) is 1. The summed E-state index contributed by atoms with van der Waals surface area (Å²) in [5.41, 5.74) is 8.93. The SMILES string of the molecule is NCCc1c(-c2ccccn2)nc2c(Cl)cc(Cl)cn12. The molecule has 3 aromatic rings. The third-order valence-corrected chi connectivity index (χ3v) is 3.51. The highest BCUT2D eigenvalue weighted by atomic mass is 35.5. The van der Waals surface area contributed by atoms with E-state index in [1.54, 1.807) is 18.5 Å². The van der Waals surface area contributed by atoms with Crippen molar-refractivity contribution in [3.05, 3.63) is 52.4 Å². The van der Waals surface area contributed by atoms with Gasteiger partial charge >= 0.3 is 0 Å². The van der Waals surface area contributed by atoms with Crippen LogP contribution in [0.4, 0.5) is 0 Å². The summed E-state index contributed by atoms with van der Waals surface area (Å²) in [6.07, 6.45) is 4.21. The van der Waals surface area contributed by atoms with E-state index in [0.717, 1.165) is 17.1 Å². The summed E-state index contributed by atoms with van der Waals surface area (Å²) in [5, 5.41) is 1.07. The highest BCUT2D eigenvalue weighted by Gasteiger charge is 2.16. The first-order valence-electron chi connectivity index (χ1n) is 6.18. The fourth-order valence-electron chi connectivity index (χ4n) is 2.20. The summed E-state index contributed by atoms with van der Waals surface area (Å²) < 4.78 is 1.89. The van der Waals surface area contributed by atoms with Crippen LogP contribution in [0.1, 0.15) is 5.69 Å². The summed E-state index contributed by atoms with van der Waals surface area (Å²) in [7, 11) is 0. The Labute approximate surface area is 126 Å². The topological polar surface area (TPSA) is 56.2 Å². The van der Waals surface area contributed by atoms with Crippen LogP contribution in [0.2, 0.25) is 10.0 Å². The fraction of sp³-hybridized carbons (Fsp3) is 0.143. The molecule has 0 bridgehead atoms. The molecule has 102 valence electrons. The van der Waals surface area contributed by atoms with Crippen LogP contribution in [0.25, 0.3) is 17.0 Å². The molecule has 3 aromatic heterocycles. The van der Waals surface area contributed by atoms with E-state index in [1.807, 2.05) is 22.6 Å². The molecule has 0 aliphatic rings. The van der Waals surface area contributed by atoms with Crippen molar-refractivity contribution < 1.29 is 0 Å². The van der Waals surface area contributed by atoms with Crippen molar-refractivity contribution in [2.24, 2.45) is 5.73 Å². The molecule has 2 N–H and O–H groups in total. The normalized spacial score (nSPS) is 11.2. The Morgan fingerprint density at radius 1 is 1.25 bits per heavy atom. The molecule has 0 aliphatic carbocycles. The Balaban J connectivity index is 2.32. The van der Waals surface area contributed by atoms with Gasteiger partial charge in [0.05, 0.1) is 21.4 Å². The van der Waals surface area contributed by atoms with Crippen LogP contribution in [0.15, 0.2) is 36.7 Å². The number of fused-ring (bicyclic) bond motifs is 1. The van der Waals surface area contributed by atoms with Crippen LogP contribution in [0, 0.1) is 0 Å². The first kappa shape index (κ1) is 13.4. The van der Waals surface area contributed by atoms with Crippen LogP contribution in [-0.4, -0.2) is 20.9 Å². The van der Waals surface area contributed by atoms with Gasteiger partial charge in [0, 0.05) is 18.8 Å². The lowest BCUT2D eigenvalue weighted by atomic mass is 10.2. The summed E-state index contributed by atoms with van der Waals surface area (Å²) in [6, 6.07) is 7.39. The van der Waals surface area contributed by atoms with Gasteiger partial charge in [-0.3, -0.25) is 4.98 Å². The maximum absolute atomic E-state index is 6.22. The average molecular weight is 307 g/mol. The molecule has 0 atom stereocenters. The van der Waals surface area contributed by atoms with Gasteiger partial charge in [0.25, 0.3) is 0 Å². The molecule has 0 radical (unpaired) electrons. The van der Waals surface area contributed by atoms with E-state index >= 15 is 0 Å². The third-order valence-electron chi connectivity index (χ3n) is 3.03. The zero-order valence-electron chi connectivity index (χ0n) is 10.6. The predicted molar refractivity (Wildman–Crippen MR) is 81.2 cm³/mol. The van der Waals surface area contributed by atoms with Crippen LogP contribution in [0.3, 0.4) is 0 Å². The molecule has 0 aliphatic heterocycles. The number of hydrogen-bond acceptors (Lipinski definition) is 3. The maximum Gasteiger partial charge on any atom is 0.156 e. The molecule has 6 heteroatoms. The smallest absolute Gasteiger partial charge is 0.156 e. The van der Waals surface area contributed by atoms with E-state index in [-0.39, 0.29) is 0 Å². The third kappa shape index (κ3) is 2.26. The summed E-state index contributed by atoms with van der Waals surface area (Å²) >= 11 is 12.3. The van der Waals surface area contributed by atoms with Crippen LogP contribution >= 0.6 is 23.2 Å². The van der Waals surface area contributed by atoms with Gasteiger partial charge in [0.2, 0.25) is 0 Å². The number of aromatic nitrogens is 3. The number of imidazole rings is 1. The van der Waals surface area contributed by atoms with Gasteiger partial charge in [0.15, 0.2) is 5.65 Å². The van der Waals surface area contributed by atoms with E-state index in [9.17, 15) is 0 Å². The first-order chi connectivity index (χ1) is 9.70. The van der Waals surface area contributed by atoms with Gasteiger partial charge in [-0.2, -0.15) is 0 Å². The minimum absolute atomic E-state index is 0.512. The van der Waals surface area contributed by atoms with Crippen molar-refractivity contribution in [3.8, 4) is 11.4 Å². The Bertz CT molecular complexity index is 753. The number of halogens is 2. The molecule has 0 unspecified atom stereocenters. The summed E-state index contributed by atoms with van der Waals surface area (Å²) in [5.74, 6) is 0. The number of rotatable bonds is 3. The molecule has 0 saturated carbocycles. The molecular formula is C14H12Cl2N4. The molecule has 3 heterocycles. The summed E-state index contributed by atoms with van der Waals surface area (Å²) in [6.45, 7) is 0.512. The standard InChI is InChI=1S/C14H12Cl2N4/c15-9-7-10(16)14-19-13(11-3-1-2-6-18-11)12(4-5-17)20(14)8-9/h1-3,6-8H,4-5,17H2. The fourth-order valence-corrected chi connectivity index (χ4v) is 2.72.